The number of amides is 1. The minimum Gasteiger partial charge on any atom is -0.394 e. The second-order valence-electron chi connectivity index (χ2n) is 5.59. The van der Waals surface area contributed by atoms with Crippen LogP contribution in [-0.2, 0) is 4.74 Å². The molecule has 1 aliphatic rings. The summed E-state index contributed by atoms with van der Waals surface area (Å²) in [5.74, 6) is 0.0772. The maximum atomic E-state index is 12.3. The van der Waals surface area contributed by atoms with E-state index in [0.29, 0.717) is 36.1 Å². The number of benzene rings is 1. The van der Waals surface area contributed by atoms with E-state index in [9.17, 15) is 9.90 Å². The zero-order valence-electron chi connectivity index (χ0n) is 11.8. The van der Waals surface area contributed by atoms with Crippen molar-refractivity contribution in [2.45, 2.75) is 31.7 Å². The maximum absolute atomic E-state index is 12.3. The standard InChI is InChI=1S/C15H20ClNO3/c1-10(2)12-4-3-11(7-13(12)16)14(19)17-15(8-18)5-6-20-9-15/h3-4,7,10,18H,5-6,8-9H2,1-2H3,(H,17,19). The van der Waals surface area contributed by atoms with Crippen LogP contribution in [-0.4, -0.2) is 36.4 Å². The first-order chi connectivity index (χ1) is 9.47. The first-order valence-corrected chi connectivity index (χ1v) is 7.16. The van der Waals surface area contributed by atoms with Gasteiger partial charge in [-0.2, -0.15) is 0 Å². The smallest absolute Gasteiger partial charge is 0.251 e. The van der Waals surface area contributed by atoms with Crippen LogP contribution in [0.25, 0.3) is 0 Å². The highest BCUT2D eigenvalue weighted by Gasteiger charge is 2.36. The van der Waals surface area contributed by atoms with E-state index in [1.54, 1.807) is 12.1 Å². The Kier molecular flexibility index (Phi) is 4.68. The van der Waals surface area contributed by atoms with E-state index >= 15 is 0 Å². The predicted molar refractivity (Wildman–Crippen MR) is 78.3 cm³/mol. The summed E-state index contributed by atoms with van der Waals surface area (Å²) in [7, 11) is 0. The molecule has 2 rings (SSSR count). The van der Waals surface area contributed by atoms with Gasteiger partial charge in [0, 0.05) is 17.2 Å². The molecule has 0 bridgehead atoms. The highest BCUT2D eigenvalue weighted by atomic mass is 35.5. The van der Waals surface area contributed by atoms with Crippen molar-refractivity contribution in [3.05, 3.63) is 34.3 Å². The second-order valence-corrected chi connectivity index (χ2v) is 5.99. The summed E-state index contributed by atoms with van der Waals surface area (Å²) in [5, 5.41) is 12.9. The zero-order valence-corrected chi connectivity index (χ0v) is 12.5. The third-order valence-corrected chi connectivity index (χ3v) is 4.00. The van der Waals surface area contributed by atoms with E-state index in [1.165, 1.54) is 0 Å². The summed E-state index contributed by atoms with van der Waals surface area (Å²) < 4.78 is 5.26. The average Bonchev–Trinajstić information content (AvgIpc) is 2.87. The molecule has 0 spiro atoms. The average molecular weight is 298 g/mol. The van der Waals surface area contributed by atoms with Crippen molar-refractivity contribution >= 4 is 17.5 Å². The van der Waals surface area contributed by atoms with Gasteiger partial charge in [0.1, 0.15) is 0 Å². The van der Waals surface area contributed by atoms with Crippen LogP contribution in [0.2, 0.25) is 5.02 Å². The lowest BCUT2D eigenvalue weighted by Crippen LogP contribution is -2.52. The van der Waals surface area contributed by atoms with Gasteiger partial charge < -0.3 is 15.2 Å². The Morgan fingerprint density at radius 3 is 2.80 bits per heavy atom. The predicted octanol–water partition coefficient (Wildman–Crippen LogP) is 2.34. The van der Waals surface area contributed by atoms with Crippen LogP contribution in [0.15, 0.2) is 18.2 Å². The molecule has 1 unspecified atom stereocenters. The molecule has 0 aliphatic carbocycles. The van der Waals surface area contributed by atoms with Crippen LogP contribution < -0.4 is 5.32 Å². The van der Waals surface area contributed by atoms with Crippen LogP contribution in [0, 0.1) is 0 Å². The molecule has 5 heteroatoms. The van der Waals surface area contributed by atoms with Crippen molar-refractivity contribution < 1.29 is 14.6 Å². The Balaban J connectivity index is 2.15. The molecule has 20 heavy (non-hydrogen) atoms. The fourth-order valence-corrected chi connectivity index (χ4v) is 2.72. The van der Waals surface area contributed by atoms with Gasteiger partial charge in [-0.05, 0) is 30.0 Å². The molecule has 0 aromatic heterocycles. The Morgan fingerprint density at radius 1 is 1.55 bits per heavy atom. The first kappa shape index (κ1) is 15.3. The van der Waals surface area contributed by atoms with Crippen molar-refractivity contribution in [2.24, 2.45) is 0 Å². The molecule has 2 N–H and O–H groups in total. The Morgan fingerprint density at radius 2 is 2.30 bits per heavy atom. The normalized spacial score (nSPS) is 22.2. The van der Waals surface area contributed by atoms with Gasteiger partial charge in [-0.15, -0.1) is 0 Å². The van der Waals surface area contributed by atoms with E-state index in [-0.39, 0.29) is 12.5 Å². The number of nitrogens with one attached hydrogen (secondary N) is 1. The molecule has 0 radical (unpaired) electrons. The van der Waals surface area contributed by atoms with Gasteiger partial charge in [0.15, 0.2) is 0 Å². The SMILES string of the molecule is CC(C)c1ccc(C(=O)NC2(CO)CCOC2)cc1Cl. The van der Waals surface area contributed by atoms with Crippen LogP contribution in [0.1, 0.15) is 42.1 Å². The lowest BCUT2D eigenvalue weighted by Gasteiger charge is -2.26. The highest BCUT2D eigenvalue weighted by molar-refractivity contribution is 6.31. The summed E-state index contributed by atoms with van der Waals surface area (Å²) in [4.78, 5) is 12.3. The number of halogens is 1. The monoisotopic (exact) mass is 297 g/mol. The summed E-state index contributed by atoms with van der Waals surface area (Å²) in [6, 6.07) is 5.31. The van der Waals surface area contributed by atoms with Gasteiger partial charge in [-0.1, -0.05) is 31.5 Å². The van der Waals surface area contributed by atoms with Crippen molar-refractivity contribution in [3.63, 3.8) is 0 Å². The molecule has 1 atom stereocenters. The zero-order chi connectivity index (χ0) is 14.8. The maximum Gasteiger partial charge on any atom is 0.251 e. The quantitative estimate of drug-likeness (QED) is 0.897. The molecule has 1 aromatic rings. The van der Waals surface area contributed by atoms with Gasteiger partial charge in [-0.25, -0.2) is 0 Å². The largest absolute Gasteiger partial charge is 0.394 e. The summed E-state index contributed by atoms with van der Waals surface area (Å²) in [6.45, 7) is 4.87. The van der Waals surface area contributed by atoms with Gasteiger partial charge in [-0.3, -0.25) is 4.79 Å². The highest BCUT2D eigenvalue weighted by Crippen LogP contribution is 2.26. The van der Waals surface area contributed by atoms with Crippen LogP contribution in [0.3, 0.4) is 0 Å². The Hall–Kier alpha value is -1.10. The number of rotatable bonds is 4. The molecule has 1 fully saturated rings. The third-order valence-electron chi connectivity index (χ3n) is 3.67. The van der Waals surface area contributed by atoms with E-state index in [2.05, 4.69) is 19.2 Å². The molecule has 1 aliphatic heterocycles. The molecule has 110 valence electrons. The number of ether oxygens (including phenoxy) is 1. The first-order valence-electron chi connectivity index (χ1n) is 6.78. The van der Waals surface area contributed by atoms with Crippen molar-refractivity contribution in [1.82, 2.24) is 5.32 Å². The Labute approximate surface area is 124 Å². The summed E-state index contributed by atoms with van der Waals surface area (Å²) in [5.41, 5.74) is 0.851. The molecule has 1 saturated heterocycles. The molecule has 1 amide bonds. The van der Waals surface area contributed by atoms with E-state index in [0.717, 1.165) is 5.56 Å². The minimum absolute atomic E-state index is 0.128. The number of carbonyl (C=O) groups is 1. The van der Waals surface area contributed by atoms with Gasteiger partial charge >= 0.3 is 0 Å². The lowest BCUT2D eigenvalue weighted by atomic mass is 9.98. The van der Waals surface area contributed by atoms with Crippen molar-refractivity contribution in [2.75, 3.05) is 19.8 Å². The van der Waals surface area contributed by atoms with E-state index in [4.69, 9.17) is 16.3 Å². The molecular weight excluding hydrogens is 278 g/mol. The summed E-state index contributed by atoms with van der Waals surface area (Å²) in [6.07, 6.45) is 0.618. The summed E-state index contributed by atoms with van der Waals surface area (Å²) >= 11 is 6.20. The van der Waals surface area contributed by atoms with Crippen LogP contribution in [0.4, 0.5) is 0 Å². The number of carbonyl (C=O) groups excluding carboxylic acids is 1. The Bertz CT molecular complexity index is 496. The van der Waals surface area contributed by atoms with Crippen molar-refractivity contribution in [3.8, 4) is 0 Å². The number of hydrogen-bond acceptors (Lipinski definition) is 3. The van der Waals surface area contributed by atoms with Gasteiger partial charge in [0.2, 0.25) is 0 Å². The molecule has 1 aromatic carbocycles. The molecule has 0 saturated carbocycles. The topological polar surface area (TPSA) is 58.6 Å². The molecule has 1 heterocycles. The number of hydrogen-bond donors (Lipinski definition) is 2. The minimum atomic E-state index is -0.666. The number of aliphatic hydroxyl groups is 1. The number of aliphatic hydroxyl groups excluding tert-OH is 1. The molecule has 4 nitrogen and oxygen atoms in total. The lowest BCUT2D eigenvalue weighted by molar-refractivity contribution is 0.0789. The van der Waals surface area contributed by atoms with E-state index in [1.807, 2.05) is 6.07 Å². The van der Waals surface area contributed by atoms with Crippen LogP contribution >= 0.6 is 11.6 Å². The van der Waals surface area contributed by atoms with E-state index < -0.39 is 5.54 Å². The fourth-order valence-electron chi connectivity index (χ4n) is 2.32. The third kappa shape index (κ3) is 3.14. The van der Waals surface area contributed by atoms with Crippen molar-refractivity contribution in [1.29, 1.82) is 0 Å². The molecular formula is C15H20ClNO3. The fraction of sp³-hybridized carbons (Fsp3) is 0.533. The van der Waals surface area contributed by atoms with Gasteiger partial charge in [0.05, 0.1) is 18.8 Å². The van der Waals surface area contributed by atoms with Crippen LogP contribution in [0.5, 0.6) is 0 Å². The van der Waals surface area contributed by atoms with Gasteiger partial charge in [0.25, 0.3) is 5.91 Å². The second kappa shape index (κ2) is 6.12.